The van der Waals surface area contributed by atoms with E-state index in [1.807, 2.05) is 23.9 Å². The van der Waals surface area contributed by atoms with Gasteiger partial charge in [-0.2, -0.15) is 11.8 Å². The third-order valence-corrected chi connectivity index (χ3v) is 5.49. The van der Waals surface area contributed by atoms with E-state index < -0.39 is 0 Å². The van der Waals surface area contributed by atoms with Crippen LogP contribution >= 0.6 is 11.8 Å². The van der Waals surface area contributed by atoms with Gasteiger partial charge in [0.05, 0.1) is 0 Å². The van der Waals surface area contributed by atoms with Crippen molar-refractivity contribution in [3.05, 3.63) is 30.1 Å². The molecule has 1 N–H and O–H groups in total. The molecule has 2 atom stereocenters. The summed E-state index contributed by atoms with van der Waals surface area (Å²) in [6, 6.07) is 7.53. The molecule has 3 nitrogen and oxygen atoms in total. The molecular formula is C15H22FN3S. The van der Waals surface area contributed by atoms with Gasteiger partial charge >= 0.3 is 0 Å². The quantitative estimate of drug-likeness (QED) is 0.913. The molecule has 110 valence electrons. The number of hydrogen-bond donors (Lipinski definition) is 1. The average molecular weight is 295 g/mol. The van der Waals surface area contributed by atoms with Crippen LogP contribution in [0.2, 0.25) is 0 Å². The van der Waals surface area contributed by atoms with Crippen LogP contribution in [-0.2, 0) is 0 Å². The van der Waals surface area contributed by atoms with Crippen molar-refractivity contribution < 1.29 is 4.39 Å². The first-order valence-corrected chi connectivity index (χ1v) is 8.55. The maximum absolute atomic E-state index is 13.0. The number of anilines is 1. The molecule has 0 saturated carbocycles. The van der Waals surface area contributed by atoms with Crippen LogP contribution in [0.25, 0.3) is 0 Å². The number of rotatable bonds is 3. The second kappa shape index (κ2) is 6.33. The second-order valence-corrected chi connectivity index (χ2v) is 6.58. The molecule has 5 heteroatoms. The molecule has 0 spiro atoms. The van der Waals surface area contributed by atoms with Crippen molar-refractivity contribution in [1.29, 1.82) is 0 Å². The molecule has 0 amide bonds. The fourth-order valence-electron chi connectivity index (χ4n) is 3.21. The van der Waals surface area contributed by atoms with Gasteiger partial charge in [0.25, 0.3) is 0 Å². The minimum Gasteiger partial charge on any atom is -0.369 e. The fraction of sp³-hybridized carbons (Fsp3) is 0.600. The van der Waals surface area contributed by atoms with Crippen molar-refractivity contribution in [2.75, 3.05) is 50.4 Å². The van der Waals surface area contributed by atoms with E-state index in [9.17, 15) is 4.39 Å². The van der Waals surface area contributed by atoms with Gasteiger partial charge in [-0.15, -0.1) is 0 Å². The fourth-order valence-corrected chi connectivity index (χ4v) is 4.08. The van der Waals surface area contributed by atoms with Crippen molar-refractivity contribution in [1.82, 2.24) is 10.2 Å². The number of halogens is 1. The molecule has 2 aliphatic rings. The van der Waals surface area contributed by atoms with Crippen LogP contribution < -0.4 is 10.2 Å². The predicted molar refractivity (Wildman–Crippen MR) is 84.1 cm³/mol. The minimum absolute atomic E-state index is 0.160. The Balaban J connectivity index is 1.58. The number of piperazine rings is 1. The number of nitrogens with one attached hydrogen (secondary N) is 1. The zero-order valence-electron chi connectivity index (χ0n) is 11.9. The highest BCUT2D eigenvalue weighted by molar-refractivity contribution is 7.99. The van der Waals surface area contributed by atoms with Crippen LogP contribution in [0.15, 0.2) is 24.3 Å². The van der Waals surface area contributed by atoms with Crippen LogP contribution in [0, 0.1) is 5.82 Å². The SMILES string of the molecule is CSC1CNCC1N1CCN(c2ccc(F)cc2)CC1. The summed E-state index contributed by atoms with van der Waals surface area (Å²) in [4.78, 5) is 4.97. The molecular weight excluding hydrogens is 273 g/mol. The first-order chi connectivity index (χ1) is 9.78. The van der Waals surface area contributed by atoms with E-state index in [2.05, 4.69) is 21.4 Å². The van der Waals surface area contributed by atoms with Gasteiger partial charge in [-0.3, -0.25) is 4.90 Å². The Morgan fingerprint density at radius 1 is 1.10 bits per heavy atom. The standard InChI is InChI=1S/C15H22FN3S/c1-20-15-11-17-10-14(15)19-8-6-18(7-9-19)13-4-2-12(16)3-5-13/h2-5,14-15,17H,6-11H2,1H3. The lowest BCUT2D eigenvalue weighted by atomic mass is 10.1. The summed E-state index contributed by atoms with van der Waals surface area (Å²) in [7, 11) is 0. The molecule has 2 saturated heterocycles. The molecule has 0 bridgehead atoms. The molecule has 2 fully saturated rings. The van der Waals surface area contributed by atoms with Crippen molar-refractivity contribution in [2.45, 2.75) is 11.3 Å². The number of benzene rings is 1. The molecule has 3 rings (SSSR count). The van der Waals surface area contributed by atoms with Crippen molar-refractivity contribution in [3.8, 4) is 0 Å². The van der Waals surface area contributed by atoms with E-state index in [-0.39, 0.29) is 5.82 Å². The lowest BCUT2D eigenvalue weighted by Crippen LogP contribution is -2.53. The molecule has 1 aromatic rings. The summed E-state index contributed by atoms with van der Waals surface area (Å²) < 4.78 is 13.0. The van der Waals surface area contributed by atoms with Gasteiger partial charge in [0.1, 0.15) is 5.82 Å². The highest BCUT2D eigenvalue weighted by atomic mass is 32.2. The molecule has 1 aromatic carbocycles. The van der Waals surface area contributed by atoms with Gasteiger partial charge in [0, 0.05) is 56.2 Å². The highest BCUT2D eigenvalue weighted by Crippen LogP contribution is 2.23. The van der Waals surface area contributed by atoms with Crippen molar-refractivity contribution >= 4 is 17.4 Å². The second-order valence-electron chi connectivity index (χ2n) is 5.50. The monoisotopic (exact) mass is 295 g/mol. The van der Waals surface area contributed by atoms with Gasteiger partial charge in [-0.1, -0.05) is 0 Å². The Morgan fingerprint density at radius 3 is 2.45 bits per heavy atom. The van der Waals surface area contributed by atoms with E-state index in [1.165, 1.54) is 0 Å². The van der Waals surface area contributed by atoms with E-state index in [0.29, 0.717) is 11.3 Å². The topological polar surface area (TPSA) is 18.5 Å². The van der Waals surface area contributed by atoms with Crippen LogP contribution in [0.5, 0.6) is 0 Å². The summed E-state index contributed by atoms with van der Waals surface area (Å²) >= 11 is 1.97. The lowest BCUT2D eigenvalue weighted by molar-refractivity contribution is 0.200. The van der Waals surface area contributed by atoms with Gasteiger partial charge in [-0.25, -0.2) is 4.39 Å². The normalized spacial score (nSPS) is 28.0. The Bertz CT molecular complexity index is 431. The first-order valence-electron chi connectivity index (χ1n) is 7.26. The Kier molecular flexibility index (Phi) is 4.48. The van der Waals surface area contributed by atoms with E-state index >= 15 is 0 Å². The molecule has 2 heterocycles. The third-order valence-electron chi connectivity index (χ3n) is 4.41. The molecule has 2 aliphatic heterocycles. The Morgan fingerprint density at radius 2 is 1.80 bits per heavy atom. The maximum Gasteiger partial charge on any atom is 0.123 e. The van der Waals surface area contributed by atoms with Gasteiger partial charge < -0.3 is 10.2 Å². The largest absolute Gasteiger partial charge is 0.369 e. The van der Waals surface area contributed by atoms with Crippen LogP contribution in [0.1, 0.15) is 0 Å². The van der Waals surface area contributed by atoms with E-state index in [0.717, 1.165) is 45.0 Å². The number of thioether (sulfide) groups is 1. The third kappa shape index (κ3) is 2.95. The Hall–Kier alpha value is -0.780. The summed E-state index contributed by atoms with van der Waals surface area (Å²) in [6.07, 6.45) is 2.21. The van der Waals surface area contributed by atoms with Crippen molar-refractivity contribution in [2.24, 2.45) is 0 Å². The van der Waals surface area contributed by atoms with Gasteiger partial charge in [0.15, 0.2) is 0 Å². The minimum atomic E-state index is -0.160. The van der Waals surface area contributed by atoms with Gasteiger partial charge in [0.2, 0.25) is 0 Å². The summed E-state index contributed by atoms with van der Waals surface area (Å²) in [5.41, 5.74) is 1.14. The van der Waals surface area contributed by atoms with Gasteiger partial charge in [-0.05, 0) is 30.5 Å². The van der Waals surface area contributed by atoms with E-state index in [4.69, 9.17) is 0 Å². The summed E-state index contributed by atoms with van der Waals surface area (Å²) in [5.74, 6) is -0.160. The molecule has 2 unspecified atom stereocenters. The zero-order valence-corrected chi connectivity index (χ0v) is 12.7. The summed E-state index contributed by atoms with van der Waals surface area (Å²) in [5, 5.41) is 4.22. The molecule has 0 radical (unpaired) electrons. The molecule has 0 aliphatic carbocycles. The van der Waals surface area contributed by atoms with Crippen LogP contribution in [0.4, 0.5) is 10.1 Å². The van der Waals surface area contributed by atoms with Crippen LogP contribution in [0.3, 0.4) is 0 Å². The Labute approximate surface area is 124 Å². The zero-order chi connectivity index (χ0) is 13.9. The summed E-state index contributed by atoms with van der Waals surface area (Å²) in [6.45, 7) is 6.50. The highest BCUT2D eigenvalue weighted by Gasteiger charge is 2.33. The molecule has 20 heavy (non-hydrogen) atoms. The van der Waals surface area contributed by atoms with E-state index in [1.54, 1.807) is 12.1 Å². The van der Waals surface area contributed by atoms with Crippen molar-refractivity contribution in [3.63, 3.8) is 0 Å². The smallest absolute Gasteiger partial charge is 0.123 e. The number of hydrogen-bond acceptors (Lipinski definition) is 4. The van der Waals surface area contributed by atoms with Crippen LogP contribution in [-0.4, -0.2) is 61.7 Å². The predicted octanol–water partition coefficient (Wildman–Crippen LogP) is 1.65. The first kappa shape index (κ1) is 14.2. The maximum atomic E-state index is 13.0. The lowest BCUT2D eigenvalue weighted by Gasteiger charge is -2.40. The average Bonchev–Trinajstić information content (AvgIpc) is 2.97. The number of nitrogens with zero attached hydrogens (tertiary/aromatic N) is 2. The molecule has 0 aromatic heterocycles.